The SMILES string of the molecule is CC(C)c1cccc(C(C)C)c1N=Cc1ccccc1O.[CH3-].[CH3-].[Ru+2]. The summed E-state index contributed by atoms with van der Waals surface area (Å²) < 4.78 is 0. The van der Waals surface area contributed by atoms with E-state index in [2.05, 4.69) is 45.9 Å². The first kappa shape index (κ1) is 24.8. The van der Waals surface area contributed by atoms with E-state index in [-0.39, 0.29) is 40.1 Å². The van der Waals surface area contributed by atoms with Crippen LogP contribution in [0.2, 0.25) is 0 Å². The second-order valence-corrected chi connectivity index (χ2v) is 5.91. The van der Waals surface area contributed by atoms with Gasteiger partial charge in [0.05, 0.1) is 5.69 Å². The summed E-state index contributed by atoms with van der Waals surface area (Å²) in [6.07, 6.45) is 1.75. The van der Waals surface area contributed by atoms with Crippen LogP contribution < -0.4 is 0 Å². The molecule has 0 aliphatic rings. The van der Waals surface area contributed by atoms with Gasteiger partial charge in [0.15, 0.2) is 0 Å². The van der Waals surface area contributed by atoms with E-state index in [9.17, 15) is 5.11 Å². The Balaban J connectivity index is 0. The molecule has 0 fully saturated rings. The molecule has 0 aromatic heterocycles. The van der Waals surface area contributed by atoms with Crippen molar-refractivity contribution >= 4 is 11.9 Å². The van der Waals surface area contributed by atoms with Gasteiger partial charge in [-0.3, -0.25) is 4.99 Å². The predicted molar refractivity (Wildman–Crippen MR) is 103 cm³/mol. The molecule has 0 radical (unpaired) electrons. The number of para-hydroxylation sites is 2. The van der Waals surface area contributed by atoms with Crippen molar-refractivity contribution < 1.29 is 24.6 Å². The Labute approximate surface area is 160 Å². The van der Waals surface area contributed by atoms with Crippen LogP contribution in [0.4, 0.5) is 5.69 Å². The maximum absolute atomic E-state index is 9.85. The Bertz CT molecular complexity index is 622. The summed E-state index contributed by atoms with van der Waals surface area (Å²) >= 11 is 0. The molecule has 2 nitrogen and oxygen atoms in total. The minimum Gasteiger partial charge on any atom is -0.507 e. The smallest absolute Gasteiger partial charge is 0.507 e. The van der Waals surface area contributed by atoms with Crippen molar-refractivity contribution in [2.45, 2.75) is 39.5 Å². The summed E-state index contributed by atoms with van der Waals surface area (Å²) in [7, 11) is 0. The molecule has 2 aromatic carbocycles. The summed E-state index contributed by atoms with van der Waals surface area (Å²) in [6, 6.07) is 13.6. The minimum absolute atomic E-state index is 0. The van der Waals surface area contributed by atoms with E-state index >= 15 is 0 Å². The van der Waals surface area contributed by atoms with Crippen LogP contribution in [0.3, 0.4) is 0 Å². The van der Waals surface area contributed by atoms with Crippen LogP contribution in [0.15, 0.2) is 47.5 Å². The quantitative estimate of drug-likeness (QED) is 0.357. The Morgan fingerprint density at radius 1 is 0.833 bits per heavy atom. The number of hydrogen-bond donors (Lipinski definition) is 1. The molecule has 0 saturated heterocycles. The van der Waals surface area contributed by atoms with E-state index in [4.69, 9.17) is 4.99 Å². The molecule has 0 bridgehead atoms. The van der Waals surface area contributed by atoms with E-state index in [1.54, 1.807) is 12.3 Å². The van der Waals surface area contributed by atoms with Gasteiger partial charge in [0.1, 0.15) is 5.75 Å². The Morgan fingerprint density at radius 3 is 1.79 bits per heavy atom. The van der Waals surface area contributed by atoms with E-state index < -0.39 is 0 Å². The first-order valence-electron chi connectivity index (χ1n) is 7.45. The van der Waals surface area contributed by atoms with Crippen molar-refractivity contribution in [3.63, 3.8) is 0 Å². The number of aliphatic imine (C=N–C) groups is 1. The van der Waals surface area contributed by atoms with Crippen LogP contribution in [0, 0.1) is 14.9 Å². The van der Waals surface area contributed by atoms with Crippen molar-refractivity contribution in [2.75, 3.05) is 0 Å². The fraction of sp³-hybridized carbons (Fsp3) is 0.286. The van der Waals surface area contributed by atoms with E-state index in [0.717, 1.165) is 11.3 Å². The summed E-state index contributed by atoms with van der Waals surface area (Å²) in [5.74, 6) is 1.09. The van der Waals surface area contributed by atoms with E-state index in [1.165, 1.54) is 11.1 Å². The maximum atomic E-state index is 9.85. The molecule has 0 heterocycles. The van der Waals surface area contributed by atoms with Crippen LogP contribution in [-0.2, 0) is 19.5 Å². The van der Waals surface area contributed by atoms with Crippen molar-refractivity contribution in [1.29, 1.82) is 0 Å². The standard InChI is InChI=1S/C19H23NO.2CH3.Ru/c1-13(2)16-9-7-10-17(14(3)4)19(16)20-12-15-8-5-6-11-18(15)21;;;/h5-14,21H,1-4H3;2*1H3;/q;2*-1;+2. The Kier molecular flexibility index (Phi) is 11.5. The van der Waals surface area contributed by atoms with Crippen molar-refractivity contribution in [1.82, 2.24) is 0 Å². The van der Waals surface area contributed by atoms with Crippen molar-refractivity contribution in [3.8, 4) is 5.75 Å². The molecule has 0 atom stereocenters. The zero-order chi connectivity index (χ0) is 15.4. The molecule has 0 aliphatic carbocycles. The normalized spacial score (nSPS) is 10.2. The van der Waals surface area contributed by atoms with Crippen LogP contribution in [0.1, 0.15) is 56.2 Å². The van der Waals surface area contributed by atoms with Gasteiger partial charge in [0.2, 0.25) is 0 Å². The third-order valence-electron chi connectivity index (χ3n) is 3.61. The van der Waals surface area contributed by atoms with Crippen molar-refractivity contribution in [2.24, 2.45) is 4.99 Å². The molecule has 0 amide bonds. The largest absolute Gasteiger partial charge is 2.00 e. The first-order valence-corrected chi connectivity index (χ1v) is 7.45. The average Bonchev–Trinajstić information content (AvgIpc) is 2.45. The molecular formula is C21H29NORu. The number of phenols is 1. The van der Waals surface area contributed by atoms with Crippen LogP contribution >= 0.6 is 0 Å². The summed E-state index contributed by atoms with van der Waals surface area (Å²) in [5, 5.41) is 9.85. The first-order chi connectivity index (χ1) is 10.0. The summed E-state index contributed by atoms with van der Waals surface area (Å²) in [4.78, 5) is 4.69. The second kappa shape index (κ2) is 11.2. The maximum Gasteiger partial charge on any atom is 2.00 e. The van der Waals surface area contributed by atoms with Gasteiger partial charge in [-0.1, -0.05) is 58.0 Å². The van der Waals surface area contributed by atoms with Gasteiger partial charge in [-0.2, -0.15) is 0 Å². The summed E-state index contributed by atoms with van der Waals surface area (Å²) in [6.45, 7) is 8.72. The van der Waals surface area contributed by atoms with Crippen LogP contribution in [-0.4, -0.2) is 11.3 Å². The number of nitrogens with zero attached hydrogens (tertiary/aromatic N) is 1. The average molecular weight is 413 g/mol. The molecule has 0 unspecified atom stereocenters. The van der Waals surface area contributed by atoms with Crippen LogP contribution in [0.25, 0.3) is 0 Å². The second-order valence-electron chi connectivity index (χ2n) is 5.91. The fourth-order valence-corrected chi connectivity index (χ4v) is 2.39. The number of aromatic hydroxyl groups is 1. The molecule has 132 valence electrons. The predicted octanol–water partition coefficient (Wildman–Crippen LogP) is 6.29. The summed E-state index contributed by atoms with van der Waals surface area (Å²) in [5.41, 5.74) is 4.26. The van der Waals surface area contributed by atoms with Gasteiger partial charge in [-0.05, 0) is 35.1 Å². The fourth-order valence-electron chi connectivity index (χ4n) is 2.39. The van der Waals surface area contributed by atoms with E-state index in [0.29, 0.717) is 11.8 Å². The molecule has 2 aromatic rings. The zero-order valence-electron chi connectivity index (χ0n) is 15.5. The van der Waals surface area contributed by atoms with Gasteiger partial charge in [0.25, 0.3) is 0 Å². The molecular weight excluding hydrogens is 383 g/mol. The third-order valence-corrected chi connectivity index (χ3v) is 3.61. The molecule has 24 heavy (non-hydrogen) atoms. The van der Waals surface area contributed by atoms with Gasteiger partial charge >= 0.3 is 19.5 Å². The third kappa shape index (κ3) is 5.87. The molecule has 1 N–H and O–H groups in total. The van der Waals surface area contributed by atoms with Gasteiger partial charge in [-0.25, -0.2) is 0 Å². The topological polar surface area (TPSA) is 32.6 Å². The number of benzene rings is 2. The van der Waals surface area contributed by atoms with Gasteiger partial charge in [0, 0.05) is 11.8 Å². The number of rotatable bonds is 4. The Morgan fingerprint density at radius 2 is 1.33 bits per heavy atom. The Hall–Kier alpha value is -1.47. The van der Waals surface area contributed by atoms with Crippen LogP contribution in [0.5, 0.6) is 5.75 Å². The number of phenolic OH excluding ortho intramolecular Hbond substituents is 1. The molecule has 2 rings (SSSR count). The van der Waals surface area contributed by atoms with Crippen molar-refractivity contribution in [3.05, 3.63) is 74.0 Å². The zero-order valence-corrected chi connectivity index (χ0v) is 17.3. The molecule has 3 heteroatoms. The molecule has 0 spiro atoms. The molecule has 0 aliphatic heterocycles. The monoisotopic (exact) mass is 413 g/mol. The minimum atomic E-state index is 0. The van der Waals surface area contributed by atoms with Gasteiger partial charge < -0.3 is 20.0 Å². The van der Waals surface area contributed by atoms with E-state index in [1.807, 2.05) is 18.2 Å². The van der Waals surface area contributed by atoms with Gasteiger partial charge in [-0.15, -0.1) is 0 Å². The molecule has 0 saturated carbocycles. The number of hydrogen-bond acceptors (Lipinski definition) is 2.